The predicted octanol–water partition coefficient (Wildman–Crippen LogP) is 5.41. The summed E-state index contributed by atoms with van der Waals surface area (Å²) in [6.45, 7) is 7.44. The minimum atomic E-state index is -4.86. The van der Waals surface area contributed by atoms with Crippen molar-refractivity contribution >= 4 is 5.91 Å². The van der Waals surface area contributed by atoms with Gasteiger partial charge in [0.05, 0.1) is 24.3 Å². The maximum absolute atomic E-state index is 12.5. The van der Waals surface area contributed by atoms with Crippen molar-refractivity contribution in [3.8, 4) is 0 Å². The number of hydrogen-bond acceptors (Lipinski definition) is 3. The molecule has 2 rings (SSSR count). The van der Waals surface area contributed by atoms with Crippen molar-refractivity contribution in [3.05, 3.63) is 47.0 Å². The van der Waals surface area contributed by atoms with E-state index in [2.05, 4.69) is 11.9 Å². The van der Waals surface area contributed by atoms with E-state index in [1.165, 1.54) is 25.3 Å². The number of benzene rings is 1. The van der Waals surface area contributed by atoms with Gasteiger partial charge in [-0.2, -0.15) is 26.3 Å². The fourth-order valence-corrected chi connectivity index (χ4v) is 3.10. The summed E-state index contributed by atoms with van der Waals surface area (Å²) in [5.41, 5.74) is -1.47. The van der Waals surface area contributed by atoms with Crippen molar-refractivity contribution in [2.24, 2.45) is 5.92 Å². The predicted molar refractivity (Wildman–Crippen MR) is 108 cm³/mol. The van der Waals surface area contributed by atoms with Crippen molar-refractivity contribution in [2.45, 2.75) is 45.0 Å². The second-order valence-electron chi connectivity index (χ2n) is 7.57. The fraction of sp³-hybridized carbons (Fsp3) is 0.591. The Morgan fingerprint density at radius 2 is 1.69 bits per heavy atom. The van der Waals surface area contributed by atoms with Crippen LogP contribution in [0.5, 0.6) is 0 Å². The van der Waals surface area contributed by atoms with Gasteiger partial charge in [-0.15, -0.1) is 0 Å². The maximum Gasteiger partial charge on any atom is 0.416 e. The van der Waals surface area contributed by atoms with Crippen molar-refractivity contribution in [2.75, 3.05) is 33.5 Å². The van der Waals surface area contributed by atoms with Gasteiger partial charge in [0, 0.05) is 27.2 Å². The maximum atomic E-state index is 12.5. The standard InChI is InChI=1S/C12H11F6NO.C10H18O2/c1-7(20)19-3-2-8-4-9(11(13,14)15)6-10(5-8)12(16,17)18;1-9-3-4-10(7-9)8-12-6-5-11-2/h4-6H,2-3H2,1H3,(H,19,20);10H,1,3-8H2,2H3. The van der Waals surface area contributed by atoms with Gasteiger partial charge in [-0.05, 0) is 55.4 Å². The molecule has 1 fully saturated rings. The highest BCUT2D eigenvalue weighted by Crippen LogP contribution is 2.36. The van der Waals surface area contributed by atoms with E-state index in [4.69, 9.17) is 9.47 Å². The fourth-order valence-electron chi connectivity index (χ4n) is 3.10. The molecule has 1 aromatic rings. The highest BCUT2D eigenvalue weighted by atomic mass is 19.4. The third-order valence-electron chi connectivity index (χ3n) is 4.70. The summed E-state index contributed by atoms with van der Waals surface area (Å²) in [5, 5.41) is 2.31. The first-order valence-corrected chi connectivity index (χ1v) is 10.1. The zero-order chi connectivity index (χ0) is 24.4. The van der Waals surface area contributed by atoms with Crippen LogP contribution in [0.1, 0.15) is 42.9 Å². The van der Waals surface area contributed by atoms with Gasteiger partial charge in [0.15, 0.2) is 0 Å². The van der Waals surface area contributed by atoms with Gasteiger partial charge in [0.2, 0.25) is 5.91 Å². The van der Waals surface area contributed by atoms with Crippen molar-refractivity contribution in [1.82, 2.24) is 5.32 Å². The lowest BCUT2D eigenvalue weighted by Crippen LogP contribution is -2.22. The summed E-state index contributed by atoms with van der Waals surface area (Å²) in [6.07, 6.45) is -6.22. The number of methoxy groups -OCH3 is 1. The summed E-state index contributed by atoms with van der Waals surface area (Å²) in [4.78, 5) is 10.6. The number of amides is 1. The molecular formula is C22H29F6NO3. The Morgan fingerprint density at radius 3 is 2.12 bits per heavy atom. The van der Waals surface area contributed by atoms with Gasteiger partial charge < -0.3 is 14.8 Å². The third-order valence-corrected chi connectivity index (χ3v) is 4.70. The van der Waals surface area contributed by atoms with Crippen molar-refractivity contribution in [3.63, 3.8) is 0 Å². The van der Waals surface area contributed by atoms with Crippen LogP contribution in [0.3, 0.4) is 0 Å². The van der Waals surface area contributed by atoms with Crippen LogP contribution >= 0.6 is 0 Å². The van der Waals surface area contributed by atoms with Crippen LogP contribution in [0.15, 0.2) is 30.4 Å². The molecule has 32 heavy (non-hydrogen) atoms. The van der Waals surface area contributed by atoms with E-state index in [1.54, 1.807) is 7.11 Å². The largest absolute Gasteiger partial charge is 0.416 e. The second kappa shape index (κ2) is 12.8. The summed E-state index contributed by atoms with van der Waals surface area (Å²) in [5.74, 6) is 0.308. The van der Waals surface area contributed by atoms with Crippen molar-refractivity contribution < 1.29 is 40.6 Å². The molecule has 1 aromatic carbocycles. The first-order valence-electron chi connectivity index (χ1n) is 10.1. The molecule has 0 aromatic heterocycles. The molecule has 0 radical (unpaired) electrons. The number of carbonyl (C=O) groups is 1. The summed E-state index contributed by atoms with van der Waals surface area (Å²) >= 11 is 0. The lowest BCUT2D eigenvalue weighted by molar-refractivity contribution is -0.143. The van der Waals surface area contributed by atoms with Crippen LogP contribution in [0, 0.1) is 5.92 Å². The molecule has 1 aliphatic carbocycles. The van der Waals surface area contributed by atoms with E-state index in [1.807, 2.05) is 0 Å². The van der Waals surface area contributed by atoms with Gasteiger partial charge in [0.1, 0.15) is 0 Å². The molecule has 10 heteroatoms. The Morgan fingerprint density at radius 1 is 1.09 bits per heavy atom. The zero-order valence-electron chi connectivity index (χ0n) is 18.2. The van der Waals surface area contributed by atoms with Crippen molar-refractivity contribution in [1.29, 1.82) is 0 Å². The summed E-state index contributed by atoms with van der Waals surface area (Å²) in [6, 6.07) is 1.37. The van der Waals surface area contributed by atoms with Gasteiger partial charge in [0.25, 0.3) is 0 Å². The highest BCUT2D eigenvalue weighted by Gasteiger charge is 2.36. The van der Waals surface area contributed by atoms with Crippen LogP contribution < -0.4 is 5.32 Å². The molecule has 1 aliphatic rings. The quantitative estimate of drug-likeness (QED) is 0.315. The number of halogens is 6. The van der Waals surface area contributed by atoms with Crippen LogP contribution in [0.4, 0.5) is 26.3 Å². The van der Waals surface area contributed by atoms with Crippen LogP contribution in [-0.4, -0.2) is 39.4 Å². The number of nitrogens with one attached hydrogen (secondary N) is 1. The molecule has 0 saturated heterocycles. The van der Waals surface area contributed by atoms with E-state index in [0.717, 1.165) is 19.6 Å². The Bertz CT molecular complexity index is 714. The van der Waals surface area contributed by atoms with Gasteiger partial charge >= 0.3 is 12.4 Å². The monoisotopic (exact) mass is 469 g/mol. The lowest BCUT2D eigenvalue weighted by atomic mass is 10.0. The molecule has 1 N–H and O–H groups in total. The average molecular weight is 469 g/mol. The van der Waals surface area contributed by atoms with E-state index in [0.29, 0.717) is 24.7 Å². The normalized spacial score (nSPS) is 16.5. The number of hydrogen-bond donors (Lipinski definition) is 1. The molecule has 0 spiro atoms. The third kappa shape index (κ3) is 11.0. The topological polar surface area (TPSA) is 47.6 Å². The second-order valence-corrected chi connectivity index (χ2v) is 7.57. The van der Waals surface area contributed by atoms with Crippen LogP contribution in [0.25, 0.3) is 0 Å². The number of rotatable bonds is 8. The Hall–Kier alpha value is -2.07. The average Bonchev–Trinajstić information content (AvgIpc) is 3.09. The number of ether oxygens (including phenoxy) is 2. The van der Waals surface area contributed by atoms with Crippen LogP contribution in [-0.2, 0) is 33.0 Å². The minimum Gasteiger partial charge on any atom is -0.382 e. The van der Waals surface area contributed by atoms with E-state index in [-0.39, 0.29) is 24.6 Å². The van der Waals surface area contributed by atoms with Gasteiger partial charge in [-0.25, -0.2) is 0 Å². The first-order chi connectivity index (χ1) is 14.8. The number of allylic oxidation sites excluding steroid dienone is 1. The van der Waals surface area contributed by atoms with Crippen LogP contribution in [0.2, 0.25) is 0 Å². The molecule has 1 saturated carbocycles. The summed E-state index contributed by atoms with van der Waals surface area (Å²) in [7, 11) is 1.70. The molecule has 0 bridgehead atoms. The zero-order valence-corrected chi connectivity index (χ0v) is 18.2. The number of carbonyl (C=O) groups excluding carboxylic acids is 1. The lowest BCUT2D eigenvalue weighted by Gasteiger charge is -2.14. The van der Waals surface area contributed by atoms with E-state index in [9.17, 15) is 31.1 Å². The van der Waals surface area contributed by atoms with E-state index < -0.39 is 29.4 Å². The SMILES string of the molecule is C=C1CCC(COCCOC)C1.CC(=O)NCCc1cc(C(F)(F)F)cc(C(F)(F)F)c1. The molecular weight excluding hydrogens is 440 g/mol. The Kier molecular flexibility index (Phi) is 11.2. The molecule has 0 aliphatic heterocycles. The molecule has 182 valence electrons. The molecule has 0 heterocycles. The molecule has 1 amide bonds. The Labute approximate surface area is 184 Å². The number of alkyl halides is 6. The molecule has 1 atom stereocenters. The molecule has 1 unspecified atom stereocenters. The minimum absolute atomic E-state index is 0.0338. The first kappa shape index (κ1) is 28.0. The Balaban J connectivity index is 0.000000363. The summed E-state index contributed by atoms with van der Waals surface area (Å²) < 4.78 is 85.6. The van der Waals surface area contributed by atoms with Gasteiger partial charge in [-0.1, -0.05) is 12.2 Å². The van der Waals surface area contributed by atoms with E-state index >= 15 is 0 Å². The molecule has 4 nitrogen and oxygen atoms in total. The highest BCUT2D eigenvalue weighted by molar-refractivity contribution is 5.72. The van der Waals surface area contributed by atoms with Gasteiger partial charge in [-0.3, -0.25) is 4.79 Å². The smallest absolute Gasteiger partial charge is 0.382 e.